The number of carbonyl (C=O) groups is 2. The van der Waals surface area contributed by atoms with Gasteiger partial charge in [0.1, 0.15) is 5.75 Å². The molecule has 0 fully saturated rings. The summed E-state index contributed by atoms with van der Waals surface area (Å²) in [5.74, 6) is -0.295. The first-order chi connectivity index (χ1) is 17.4. The second-order valence-electron chi connectivity index (χ2n) is 8.70. The highest BCUT2D eigenvalue weighted by atomic mass is 16.5. The van der Waals surface area contributed by atoms with Crippen molar-refractivity contribution in [2.45, 2.75) is 38.8 Å². The van der Waals surface area contributed by atoms with E-state index >= 15 is 0 Å². The van der Waals surface area contributed by atoms with Crippen LogP contribution in [0.3, 0.4) is 0 Å². The SMILES string of the molecule is CCOC(C)(Cc1ccc(OCCCN(Cc2ccccc2)C(=O)Nc2ccccc2)cc1)C(=O)O. The third-order valence-electron chi connectivity index (χ3n) is 5.75. The predicted octanol–water partition coefficient (Wildman–Crippen LogP) is 5.61. The van der Waals surface area contributed by atoms with Crippen molar-refractivity contribution in [3.05, 3.63) is 96.1 Å². The molecule has 0 aromatic heterocycles. The van der Waals surface area contributed by atoms with Crippen LogP contribution in [-0.4, -0.2) is 47.4 Å². The minimum Gasteiger partial charge on any atom is -0.494 e. The van der Waals surface area contributed by atoms with Crippen LogP contribution in [0.2, 0.25) is 0 Å². The van der Waals surface area contributed by atoms with E-state index in [1.807, 2.05) is 84.9 Å². The van der Waals surface area contributed by atoms with Crippen LogP contribution in [0.25, 0.3) is 0 Å². The summed E-state index contributed by atoms with van der Waals surface area (Å²) in [7, 11) is 0. The molecule has 0 saturated heterocycles. The molecule has 0 radical (unpaired) electrons. The van der Waals surface area contributed by atoms with Gasteiger partial charge >= 0.3 is 12.0 Å². The topological polar surface area (TPSA) is 88.1 Å². The van der Waals surface area contributed by atoms with E-state index in [4.69, 9.17) is 9.47 Å². The minimum atomic E-state index is -1.26. The average molecular weight is 491 g/mol. The fourth-order valence-electron chi connectivity index (χ4n) is 3.83. The smallest absolute Gasteiger partial charge is 0.336 e. The Morgan fingerprint density at radius 1 is 0.917 bits per heavy atom. The van der Waals surface area contributed by atoms with Gasteiger partial charge in [-0.25, -0.2) is 9.59 Å². The summed E-state index contributed by atoms with van der Waals surface area (Å²) in [6, 6.07) is 26.5. The van der Waals surface area contributed by atoms with Crippen molar-refractivity contribution < 1.29 is 24.2 Å². The zero-order valence-electron chi connectivity index (χ0n) is 20.9. The second-order valence-corrected chi connectivity index (χ2v) is 8.70. The van der Waals surface area contributed by atoms with Crippen molar-refractivity contribution in [1.82, 2.24) is 4.90 Å². The van der Waals surface area contributed by atoms with E-state index in [2.05, 4.69) is 5.32 Å². The van der Waals surface area contributed by atoms with E-state index in [1.54, 1.807) is 18.7 Å². The van der Waals surface area contributed by atoms with Gasteiger partial charge in [0.25, 0.3) is 0 Å². The maximum absolute atomic E-state index is 12.9. The van der Waals surface area contributed by atoms with Gasteiger partial charge in [-0.3, -0.25) is 0 Å². The summed E-state index contributed by atoms with van der Waals surface area (Å²) in [5.41, 5.74) is 1.39. The van der Waals surface area contributed by atoms with Crippen molar-refractivity contribution in [3.63, 3.8) is 0 Å². The minimum absolute atomic E-state index is 0.162. The first-order valence-corrected chi connectivity index (χ1v) is 12.1. The number of carboxylic acid groups (broad SMARTS) is 1. The van der Waals surface area contributed by atoms with Gasteiger partial charge in [0.2, 0.25) is 0 Å². The van der Waals surface area contributed by atoms with Gasteiger partial charge < -0.3 is 24.8 Å². The predicted molar refractivity (Wildman–Crippen MR) is 140 cm³/mol. The van der Waals surface area contributed by atoms with Crippen LogP contribution >= 0.6 is 0 Å². The Morgan fingerprint density at radius 2 is 1.56 bits per heavy atom. The summed E-state index contributed by atoms with van der Waals surface area (Å²) in [5, 5.41) is 12.5. The molecule has 1 atom stereocenters. The number of carboxylic acids is 1. The number of urea groups is 1. The Hall–Kier alpha value is -3.84. The van der Waals surface area contributed by atoms with E-state index in [9.17, 15) is 14.7 Å². The summed E-state index contributed by atoms with van der Waals surface area (Å²) in [6.07, 6.45) is 0.916. The van der Waals surface area contributed by atoms with Gasteiger partial charge in [-0.15, -0.1) is 0 Å². The number of hydrogen-bond donors (Lipinski definition) is 2. The van der Waals surface area contributed by atoms with Crippen LogP contribution in [0.15, 0.2) is 84.9 Å². The van der Waals surface area contributed by atoms with Gasteiger partial charge in [0.05, 0.1) is 6.61 Å². The number of nitrogens with one attached hydrogen (secondary N) is 1. The van der Waals surface area contributed by atoms with E-state index < -0.39 is 11.6 Å². The molecule has 0 aliphatic carbocycles. The largest absolute Gasteiger partial charge is 0.494 e. The Balaban J connectivity index is 1.53. The fraction of sp³-hybridized carbons (Fsp3) is 0.310. The number of ether oxygens (including phenoxy) is 2. The van der Waals surface area contributed by atoms with E-state index in [1.165, 1.54) is 0 Å². The van der Waals surface area contributed by atoms with Crippen LogP contribution in [-0.2, 0) is 22.5 Å². The molecule has 2 N–H and O–H groups in total. The molecule has 0 aliphatic rings. The molecule has 0 heterocycles. The normalized spacial score (nSPS) is 12.4. The van der Waals surface area contributed by atoms with E-state index in [0.717, 1.165) is 16.8 Å². The van der Waals surface area contributed by atoms with Gasteiger partial charge in [-0.1, -0.05) is 60.7 Å². The highest BCUT2D eigenvalue weighted by molar-refractivity contribution is 5.89. The van der Waals surface area contributed by atoms with Crippen molar-refractivity contribution in [3.8, 4) is 5.75 Å². The molecule has 36 heavy (non-hydrogen) atoms. The molecule has 0 spiro atoms. The van der Waals surface area contributed by atoms with Crippen molar-refractivity contribution in [2.75, 3.05) is 25.1 Å². The summed E-state index contributed by atoms with van der Waals surface area (Å²) in [6.45, 7) is 5.15. The van der Waals surface area contributed by atoms with Crippen LogP contribution in [0.5, 0.6) is 5.75 Å². The maximum atomic E-state index is 12.9. The van der Waals surface area contributed by atoms with Crippen molar-refractivity contribution >= 4 is 17.7 Å². The van der Waals surface area contributed by atoms with Gasteiger partial charge in [-0.2, -0.15) is 0 Å². The standard InChI is InChI=1S/C29H34N2O5/c1-3-36-29(2,27(32)33)21-23-15-17-26(18-16-23)35-20-10-19-31(22-24-11-6-4-7-12-24)28(34)30-25-13-8-5-9-14-25/h4-9,11-18H,3,10,19-22H2,1-2H3,(H,30,34)(H,32,33). The summed E-state index contributed by atoms with van der Waals surface area (Å²) < 4.78 is 11.3. The molecule has 0 aliphatic heterocycles. The van der Waals surface area contributed by atoms with Crippen LogP contribution in [0, 0.1) is 0 Å². The van der Waals surface area contributed by atoms with Gasteiger partial charge in [-0.05, 0) is 55.7 Å². The molecule has 190 valence electrons. The number of aliphatic carboxylic acids is 1. The molecule has 1 unspecified atom stereocenters. The average Bonchev–Trinajstić information content (AvgIpc) is 2.88. The number of hydrogen-bond acceptors (Lipinski definition) is 4. The first kappa shape index (κ1) is 26.8. The van der Waals surface area contributed by atoms with Crippen LogP contribution in [0.1, 0.15) is 31.4 Å². The number of nitrogens with zero attached hydrogens (tertiary/aromatic N) is 1. The number of para-hydroxylation sites is 1. The maximum Gasteiger partial charge on any atom is 0.336 e. The lowest BCUT2D eigenvalue weighted by atomic mass is 9.96. The lowest BCUT2D eigenvalue weighted by molar-refractivity contribution is -0.162. The first-order valence-electron chi connectivity index (χ1n) is 12.1. The van der Waals surface area contributed by atoms with Crippen LogP contribution < -0.4 is 10.1 Å². The van der Waals surface area contributed by atoms with Gasteiger partial charge in [0, 0.05) is 31.8 Å². The lowest BCUT2D eigenvalue weighted by Crippen LogP contribution is -2.40. The number of anilines is 1. The molecular weight excluding hydrogens is 456 g/mol. The highest BCUT2D eigenvalue weighted by Gasteiger charge is 2.33. The molecule has 2 amide bonds. The zero-order chi connectivity index (χ0) is 25.8. The van der Waals surface area contributed by atoms with Crippen molar-refractivity contribution in [1.29, 1.82) is 0 Å². The molecular formula is C29H34N2O5. The molecule has 3 aromatic rings. The fourth-order valence-corrected chi connectivity index (χ4v) is 3.83. The molecule has 3 aromatic carbocycles. The zero-order valence-corrected chi connectivity index (χ0v) is 20.9. The summed E-state index contributed by atoms with van der Waals surface area (Å²) >= 11 is 0. The Kier molecular flexibility index (Phi) is 9.89. The third-order valence-corrected chi connectivity index (χ3v) is 5.75. The lowest BCUT2D eigenvalue weighted by Gasteiger charge is -2.25. The second kappa shape index (κ2) is 13.3. The molecule has 7 heteroatoms. The Bertz CT molecular complexity index is 1090. The van der Waals surface area contributed by atoms with E-state index in [-0.39, 0.29) is 12.5 Å². The number of carbonyl (C=O) groups excluding carboxylic acids is 1. The van der Waals surface area contributed by atoms with Crippen molar-refractivity contribution in [2.24, 2.45) is 0 Å². The van der Waals surface area contributed by atoms with Gasteiger partial charge in [0.15, 0.2) is 5.60 Å². The Morgan fingerprint density at radius 3 is 2.17 bits per heavy atom. The summed E-state index contributed by atoms with van der Waals surface area (Å²) in [4.78, 5) is 26.3. The number of amides is 2. The monoisotopic (exact) mass is 490 g/mol. The molecule has 0 saturated carbocycles. The number of rotatable bonds is 13. The quantitative estimate of drug-likeness (QED) is 0.304. The van der Waals surface area contributed by atoms with E-state index in [0.29, 0.717) is 38.5 Å². The molecule has 3 rings (SSSR count). The van der Waals surface area contributed by atoms with Crippen LogP contribution in [0.4, 0.5) is 10.5 Å². The Labute approximate surface area is 212 Å². The number of benzene rings is 3. The highest BCUT2D eigenvalue weighted by Crippen LogP contribution is 2.21. The molecule has 7 nitrogen and oxygen atoms in total. The third kappa shape index (κ3) is 8.13. The molecule has 0 bridgehead atoms.